The molecule has 0 aliphatic carbocycles. The Morgan fingerprint density at radius 1 is 1.27 bits per heavy atom. The van der Waals surface area contributed by atoms with Crippen LogP contribution in [0.15, 0.2) is 0 Å². The average Bonchev–Trinajstić information content (AvgIpc) is 2.46. The molecule has 1 saturated heterocycles. The van der Waals surface area contributed by atoms with E-state index in [9.17, 15) is 4.79 Å². The summed E-state index contributed by atoms with van der Waals surface area (Å²) >= 11 is 0. The fourth-order valence-corrected chi connectivity index (χ4v) is 3.50. The fourth-order valence-electron chi connectivity index (χ4n) is 3.50. The molecule has 1 heterocycles. The van der Waals surface area contributed by atoms with Gasteiger partial charge in [0, 0.05) is 11.5 Å². The molecule has 0 aromatic rings. The largest absolute Gasteiger partial charge is 0.443 e. The normalized spacial score (nSPS) is 19.0. The third kappa shape index (κ3) is 5.76. The number of nitrogens with one attached hydrogen (secondary N) is 1. The van der Waals surface area contributed by atoms with Gasteiger partial charge in [-0.25, -0.2) is 4.79 Å². The van der Waals surface area contributed by atoms with Crippen LogP contribution in [0.3, 0.4) is 0 Å². The van der Waals surface area contributed by atoms with Crippen LogP contribution in [-0.2, 0) is 4.74 Å². The first kappa shape index (κ1) is 19.2. The maximum atomic E-state index is 11.3. The summed E-state index contributed by atoms with van der Waals surface area (Å²) in [5.74, 6) is 0.896. The predicted molar refractivity (Wildman–Crippen MR) is 90.6 cm³/mol. The van der Waals surface area contributed by atoms with Crippen molar-refractivity contribution in [2.24, 2.45) is 23.3 Å². The van der Waals surface area contributed by atoms with Crippen molar-refractivity contribution in [2.75, 3.05) is 13.1 Å². The number of ether oxygens (including phenoxy) is 1. The van der Waals surface area contributed by atoms with Gasteiger partial charge in [0.25, 0.3) is 0 Å². The third-order valence-electron chi connectivity index (χ3n) is 5.48. The highest BCUT2D eigenvalue weighted by atomic mass is 16.6. The van der Waals surface area contributed by atoms with Crippen molar-refractivity contribution in [3.8, 4) is 0 Å². The van der Waals surface area contributed by atoms with Gasteiger partial charge in [0.2, 0.25) is 0 Å². The Hall–Kier alpha value is -0.810. The van der Waals surface area contributed by atoms with E-state index < -0.39 is 11.7 Å². The molecule has 0 radical (unpaired) electrons. The van der Waals surface area contributed by atoms with Gasteiger partial charge in [-0.15, -0.1) is 0 Å². The van der Waals surface area contributed by atoms with E-state index in [0.717, 1.165) is 38.8 Å². The molecule has 0 aromatic carbocycles. The fraction of sp³-hybridized carbons (Fsp3) is 0.941. The number of piperidine rings is 1. The number of amides is 1. The Bertz CT molecular complexity index is 348. The number of primary amides is 1. The van der Waals surface area contributed by atoms with Crippen molar-refractivity contribution in [3.05, 3.63) is 0 Å². The third-order valence-corrected chi connectivity index (χ3v) is 5.48. The van der Waals surface area contributed by atoms with Gasteiger partial charge in [0.15, 0.2) is 0 Å². The van der Waals surface area contributed by atoms with Crippen molar-refractivity contribution < 1.29 is 9.53 Å². The Kier molecular flexibility index (Phi) is 7.13. The highest BCUT2D eigenvalue weighted by Gasteiger charge is 2.39. The number of hydrogen-bond donors (Lipinski definition) is 3. The molecule has 0 spiro atoms. The molecular weight excluding hydrogens is 278 g/mol. The summed E-state index contributed by atoms with van der Waals surface area (Å²) in [6, 6.07) is 0. The second kappa shape index (κ2) is 8.16. The Labute approximate surface area is 135 Å². The van der Waals surface area contributed by atoms with Crippen molar-refractivity contribution in [1.29, 1.82) is 0 Å². The molecule has 1 aliphatic heterocycles. The summed E-state index contributed by atoms with van der Waals surface area (Å²) in [6.45, 7) is 10.3. The number of carbonyl (C=O) groups excluding carboxylic acids is 1. The SMILES string of the molecule is CCC(N)(CC)CC(CC1CCNCC1)C(C)(C)OC(N)=O. The highest BCUT2D eigenvalue weighted by Crippen LogP contribution is 2.37. The van der Waals surface area contributed by atoms with Crippen molar-refractivity contribution >= 4 is 6.09 Å². The second-order valence-electron chi connectivity index (χ2n) is 7.42. The first-order valence-corrected chi connectivity index (χ1v) is 8.70. The number of rotatable bonds is 8. The van der Waals surface area contributed by atoms with Gasteiger partial charge in [-0.2, -0.15) is 0 Å². The summed E-state index contributed by atoms with van der Waals surface area (Å²) in [7, 11) is 0. The molecule has 22 heavy (non-hydrogen) atoms. The topological polar surface area (TPSA) is 90.4 Å². The van der Waals surface area contributed by atoms with E-state index >= 15 is 0 Å². The van der Waals surface area contributed by atoms with E-state index in [2.05, 4.69) is 19.2 Å². The summed E-state index contributed by atoms with van der Waals surface area (Å²) in [6.07, 6.45) is 5.43. The number of nitrogens with two attached hydrogens (primary N) is 2. The lowest BCUT2D eigenvalue weighted by atomic mass is 9.72. The van der Waals surface area contributed by atoms with Gasteiger partial charge in [0.1, 0.15) is 5.60 Å². The maximum Gasteiger partial charge on any atom is 0.405 e. The molecule has 5 N–H and O–H groups in total. The summed E-state index contributed by atoms with van der Waals surface area (Å²) in [5.41, 5.74) is 11.0. The summed E-state index contributed by atoms with van der Waals surface area (Å²) in [4.78, 5) is 11.3. The van der Waals surface area contributed by atoms with Crippen LogP contribution in [0, 0.1) is 11.8 Å². The lowest BCUT2D eigenvalue weighted by Gasteiger charge is -2.41. The smallest absolute Gasteiger partial charge is 0.405 e. The molecule has 1 amide bonds. The average molecular weight is 313 g/mol. The van der Waals surface area contributed by atoms with Crippen LogP contribution in [-0.4, -0.2) is 30.3 Å². The Morgan fingerprint density at radius 2 is 1.82 bits per heavy atom. The minimum Gasteiger partial charge on any atom is -0.443 e. The van der Waals surface area contributed by atoms with Crippen molar-refractivity contribution in [1.82, 2.24) is 5.32 Å². The number of carbonyl (C=O) groups is 1. The minimum atomic E-state index is -0.698. The zero-order valence-electron chi connectivity index (χ0n) is 14.8. The minimum absolute atomic E-state index is 0.199. The zero-order chi connectivity index (χ0) is 16.8. The van der Waals surface area contributed by atoms with Crippen molar-refractivity contribution in [3.63, 3.8) is 0 Å². The molecule has 1 aliphatic rings. The number of hydrogen-bond acceptors (Lipinski definition) is 4. The van der Waals surface area contributed by atoms with E-state index in [-0.39, 0.29) is 11.5 Å². The van der Waals surface area contributed by atoms with Crippen LogP contribution in [0.1, 0.15) is 66.2 Å². The van der Waals surface area contributed by atoms with E-state index in [4.69, 9.17) is 16.2 Å². The van der Waals surface area contributed by atoms with Gasteiger partial charge in [0.05, 0.1) is 0 Å². The molecule has 130 valence electrons. The molecule has 1 unspecified atom stereocenters. The van der Waals surface area contributed by atoms with Crippen LogP contribution in [0.5, 0.6) is 0 Å². The summed E-state index contributed by atoms with van der Waals surface area (Å²) < 4.78 is 5.44. The van der Waals surface area contributed by atoms with E-state index in [1.807, 2.05) is 13.8 Å². The molecular formula is C17H35N3O2. The maximum absolute atomic E-state index is 11.3. The molecule has 0 bridgehead atoms. The molecule has 1 fully saturated rings. The van der Waals surface area contributed by atoms with Gasteiger partial charge < -0.3 is 21.5 Å². The Morgan fingerprint density at radius 3 is 2.27 bits per heavy atom. The molecule has 0 saturated carbocycles. The predicted octanol–water partition coefficient (Wildman–Crippen LogP) is 2.77. The molecule has 5 heteroatoms. The molecule has 1 atom stereocenters. The van der Waals surface area contributed by atoms with Crippen LogP contribution < -0.4 is 16.8 Å². The molecule has 0 aromatic heterocycles. The highest BCUT2D eigenvalue weighted by molar-refractivity contribution is 5.65. The van der Waals surface area contributed by atoms with Gasteiger partial charge in [-0.3, -0.25) is 0 Å². The van der Waals surface area contributed by atoms with Crippen LogP contribution in [0.2, 0.25) is 0 Å². The van der Waals surface area contributed by atoms with E-state index in [1.54, 1.807) is 0 Å². The lowest BCUT2D eigenvalue weighted by Crippen LogP contribution is -2.48. The second-order valence-corrected chi connectivity index (χ2v) is 7.42. The molecule has 5 nitrogen and oxygen atoms in total. The van der Waals surface area contributed by atoms with E-state index in [0.29, 0.717) is 5.92 Å². The van der Waals surface area contributed by atoms with Gasteiger partial charge >= 0.3 is 6.09 Å². The quantitative estimate of drug-likeness (QED) is 0.642. The van der Waals surface area contributed by atoms with Gasteiger partial charge in [-0.05, 0) is 71.4 Å². The zero-order valence-corrected chi connectivity index (χ0v) is 14.8. The Balaban J connectivity index is 2.85. The van der Waals surface area contributed by atoms with Crippen molar-refractivity contribution in [2.45, 2.75) is 77.4 Å². The monoisotopic (exact) mass is 313 g/mol. The molecule has 1 rings (SSSR count). The van der Waals surface area contributed by atoms with Crippen LogP contribution in [0.25, 0.3) is 0 Å². The standard InChI is InChI=1S/C17H35N3O2/c1-5-17(19,6-2)12-14(16(3,4)22-15(18)21)11-13-7-9-20-10-8-13/h13-14,20H,5-12,19H2,1-4H3,(H2,18,21). The van der Waals surface area contributed by atoms with Crippen LogP contribution >= 0.6 is 0 Å². The first-order chi connectivity index (χ1) is 10.2. The van der Waals surface area contributed by atoms with Gasteiger partial charge in [-0.1, -0.05) is 13.8 Å². The first-order valence-electron chi connectivity index (χ1n) is 8.70. The summed E-state index contributed by atoms with van der Waals surface area (Å²) in [5, 5.41) is 3.40. The van der Waals surface area contributed by atoms with Crippen LogP contribution in [0.4, 0.5) is 4.79 Å². The van der Waals surface area contributed by atoms with E-state index in [1.165, 1.54) is 12.8 Å². The lowest BCUT2D eigenvalue weighted by molar-refractivity contribution is -0.0230.